The third kappa shape index (κ3) is 4.81. The fourth-order valence-corrected chi connectivity index (χ4v) is 1.94. The highest BCUT2D eigenvalue weighted by atomic mass is 19.4. The Balaban J connectivity index is 3.42. The summed E-state index contributed by atoms with van der Waals surface area (Å²) in [5.74, 6) is -0.940. The lowest BCUT2D eigenvalue weighted by Crippen LogP contribution is -2.07. The quantitative estimate of drug-likeness (QED) is 0.794. The highest BCUT2D eigenvalue weighted by molar-refractivity contribution is 5.91. The Hall–Kier alpha value is -1.98. The Labute approximate surface area is 121 Å². The second-order valence-corrected chi connectivity index (χ2v) is 4.40. The van der Waals surface area contributed by atoms with E-state index in [1.165, 1.54) is 6.07 Å². The Kier molecular flexibility index (Phi) is 5.81. The summed E-state index contributed by atoms with van der Waals surface area (Å²) in [6.07, 6.45) is -2.59. The molecule has 0 aliphatic carbocycles. The van der Waals surface area contributed by atoms with Gasteiger partial charge < -0.3 is 9.84 Å². The SMILES string of the molecule is CCC/C(=C\C(=O)O)c1cc(C(F)(F)F)ccc1OCC. The number of carboxylic acids is 1. The van der Waals surface area contributed by atoms with Crippen molar-refractivity contribution >= 4 is 11.5 Å². The van der Waals surface area contributed by atoms with Crippen molar-refractivity contribution in [2.75, 3.05) is 6.61 Å². The zero-order valence-corrected chi connectivity index (χ0v) is 11.8. The summed E-state index contributed by atoms with van der Waals surface area (Å²) in [6, 6.07) is 3.10. The van der Waals surface area contributed by atoms with Gasteiger partial charge in [0.1, 0.15) is 5.75 Å². The Morgan fingerprint density at radius 3 is 2.48 bits per heavy atom. The van der Waals surface area contributed by atoms with E-state index in [4.69, 9.17) is 9.84 Å². The summed E-state index contributed by atoms with van der Waals surface area (Å²) in [5, 5.41) is 8.88. The van der Waals surface area contributed by atoms with Crippen LogP contribution in [0.25, 0.3) is 5.57 Å². The van der Waals surface area contributed by atoms with Crippen LogP contribution < -0.4 is 4.74 Å². The molecule has 116 valence electrons. The highest BCUT2D eigenvalue weighted by Crippen LogP contribution is 2.36. The number of hydrogen-bond acceptors (Lipinski definition) is 2. The average molecular weight is 302 g/mol. The van der Waals surface area contributed by atoms with E-state index in [1.54, 1.807) is 6.92 Å². The summed E-state index contributed by atoms with van der Waals surface area (Å²) in [7, 11) is 0. The minimum absolute atomic E-state index is 0.177. The van der Waals surface area contributed by atoms with Crippen molar-refractivity contribution in [2.45, 2.75) is 32.9 Å². The molecule has 0 atom stereocenters. The normalized spacial score (nSPS) is 12.3. The number of aliphatic carboxylic acids is 1. The van der Waals surface area contributed by atoms with Crippen LogP contribution >= 0.6 is 0 Å². The molecule has 1 aromatic carbocycles. The summed E-state index contributed by atoms with van der Waals surface area (Å²) in [5.41, 5.74) is -0.330. The number of carbonyl (C=O) groups is 1. The third-order valence-electron chi connectivity index (χ3n) is 2.77. The molecule has 1 aromatic rings. The van der Waals surface area contributed by atoms with E-state index in [2.05, 4.69) is 0 Å². The lowest BCUT2D eigenvalue weighted by molar-refractivity contribution is -0.137. The van der Waals surface area contributed by atoms with Crippen LogP contribution in [0.15, 0.2) is 24.3 Å². The number of hydrogen-bond donors (Lipinski definition) is 1. The van der Waals surface area contributed by atoms with Gasteiger partial charge in [0.2, 0.25) is 0 Å². The molecule has 0 radical (unpaired) electrons. The molecule has 3 nitrogen and oxygen atoms in total. The van der Waals surface area contributed by atoms with Crippen molar-refractivity contribution in [3.05, 3.63) is 35.4 Å². The van der Waals surface area contributed by atoms with Gasteiger partial charge in [0.25, 0.3) is 0 Å². The molecule has 21 heavy (non-hydrogen) atoms. The van der Waals surface area contributed by atoms with Crippen LogP contribution in [0.5, 0.6) is 5.75 Å². The van der Waals surface area contributed by atoms with Gasteiger partial charge in [-0.3, -0.25) is 0 Å². The number of ether oxygens (including phenoxy) is 1. The van der Waals surface area contributed by atoms with Gasteiger partial charge in [-0.1, -0.05) is 13.3 Å². The van der Waals surface area contributed by atoms with E-state index in [1.807, 2.05) is 6.92 Å². The van der Waals surface area contributed by atoms with Crippen LogP contribution in [-0.2, 0) is 11.0 Å². The van der Waals surface area contributed by atoms with Gasteiger partial charge in [0, 0.05) is 11.6 Å². The molecule has 0 aromatic heterocycles. The number of allylic oxidation sites excluding steroid dienone is 1. The summed E-state index contributed by atoms with van der Waals surface area (Å²) < 4.78 is 43.8. The first-order chi connectivity index (χ1) is 9.79. The zero-order valence-electron chi connectivity index (χ0n) is 11.8. The van der Waals surface area contributed by atoms with Crippen LogP contribution in [0.4, 0.5) is 13.2 Å². The fourth-order valence-electron chi connectivity index (χ4n) is 1.94. The van der Waals surface area contributed by atoms with E-state index >= 15 is 0 Å². The Morgan fingerprint density at radius 1 is 1.33 bits per heavy atom. The Bertz CT molecular complexity index is 533. The van der Waals surface area contributed by atoms with Crippen molar-refractivity contribution in [3.8, 4) is 5.75 Å². The number of benzene rings is 1. The van der Waals surface area contributed by atoms with E-state index in [0.29, 0.717) is 18.4 Å². The van der Waals surface area contributed by atoms with Gasteiger partial charge in [-0.2, -0.15) is 13.2 Å². The molecule has 0 bridgehead atoms. The fraction of sp³-hybridized carbons (Fsp3) is 0.400. The average Bonchev–Trinajstić information content (AvgIpc) is 2.37. The molecule has 0 heterocycles. The van der Waals surface area contributed by atoms with E-state index in [0.717, 1.165) is 18.2 Å². The largest absolute Gasteiger partial charge is 0.493 e. The predicted octanol–water partition coefficient (Wildman–Crippen LogP) is 4.37. The van der Waals surface area contributed by atoms with Crippen molar-refractivity contribution in [1.29, 1.82) is 0 Å². The monoisotopic (exact) mass is 302 g/mol. The van der Waals surface area contributed by atoms with Gasteiger partial charge >= 0.3 is 12.1 Å². The molecule has 0 aliphatic rings. The Morgan fingerprint density at radius 2 is 2.00 bits per heavy atom. The molecule has 0 unspecified atom stereocenters. The first kappa shape index (κ1) is 17.1. The first-order valence-corrected chi connectivity index (χ1v) is 6.57. The summed E-state index contributed by atoms with van der Waals surface area (Å²) in [4.78, 5) is 10.9. The van der Waals surface area contributed by atoms with Crippen molar-refractivity contribution in [1.82, 2.24) is 0 Å². The highest BCUT2D eigenvalue weighted by Gasteiger charge is 2.31. The molecule has 0 amide bonds. The number of alkyl halides is 3. The van der Waals surface area contributed by atoms with E-state index in [9.17, 15) is 18.0 Å². The minimum Gasteiger partial charge on any atom is -0.493 e. The second-order valence-electron chi connectivity index (χ2n) is 4.40. The second kappa shape index (κ2) is 7.15. The first-order valence-electron chi connectivity index (χ1n) is 6.57. The predicted molar refractivity (Wildman–Crippen MR) is 73.1 cm³/mol. The number of carboxylic acid groups (broad SMARTS) is 1. The van der Waals surface area contributed by atoms with Crippen LogP contribution in [-0.4, -0.2) is 17.7 Å². The van der Waals surface area contributed by atoms with Crippen molar-refractivity contribution in [3.63, 3.8) is 0 Å². The topological polar surface area (TPSA) is 46.5 Å². The number of halogens is 3. The van der Waals surface area contributed by atoms with Crippen LogP contribution in [0, 0.1) is 0 Å². The molecule has 0 aliphatic heterocycles. The lowest BCUT2D eigenvalue weighted by atomic mass is 9.97. The van der Waals surface area contributed by atoms with Gasteiger partial charge in [-0.25, -0.2) is 4.79 Å². The molecule has 1 N–H and O–H groups in total. The third-order valence-corrected chi connectivity index (χ3v) is 2.77. The van der Waals surface area contributed by atoms with Gasteiger partial charge in [0.05, 0.1) is 12.2 Å². The van der Waals surface area contributed by atoms with Crippen molar-refractivity contribution in [2.24, 2.45) is 0 Å². The molecule has 6 heteroatoms. The van der Waals surface area contributed by atoms with E-state index < -0.39 is 17.7 Å². The standard InChI is InChI=1S/C15H17F3O3/c1-3-5-10(8-14(19)20)12-9-11(15(16,17)18)6-7-13(12)21-4-2/h6-9H,3-5H2,1-2H3,(H,19,20)/b10-8+. The molecule has 0 saturated heterocycles. The maximum atomic E-state index is 12.8. The van der Waals surface area contributed by atoms with E-state index in [-0.39, 0.29) is 17.9 Å². The van der Waals surface area contributed by atoms with Gasteiger partial charge in [0.15, 0.2) is 0 Å². The molecular weight excluding hydrogens is 285 g/mol. The summed E-state index contributed by atoms with van der Waals surface area (Å²) >= 11 is 0. The van der Waals surface area contributed by atoms with Crippen LogP contribution in [0.3, 0.4) is 0 Å². The van der Waals surface area contributed by atoms with Gasteiger partial charge in [-0.15, -0.1) is 0 Å². The molecular formula is C15H17F3O3. The maximum absolute atomic E-state index is 12.8. The molecule has 0 spiro atoms. The smallest absolute Gasteiger partial charge is 0.416 e. The van der Waals surface area contributed by atoms with Crippen molar-refractivity contribution < 1.29 is 27.8 Å². The zero-order chi connectivity index (χ0) is 16.0. The number of rotatable bonds is 6. The lowest BCUT2D eigenvalue weighted by Gasteiger charge is -2.15. The minimum atomic E-state index is -4.49. The van der Waals surface area contributed by atoms with Crippen LogP contribution in [0.2, 0.25) is 0 Å². The molecule has 1 rings (SSSR count). The summed E-state index contributed by atoms with van der Waals surface area (Å²) in [6.45, 7) is 3.82. The maximum Gasteiger partial charge on any atom is 0.416 e. The molecule has 0 saturated carbocycles. The molecule has 0 fully saturated rings. The van der Waals surface area contributed by atoms with Gasteiger partial charge in [-0.05, 0) is 37.1 Å². The van der Waals surface area contributed by atoms with Crippen LogP contribution in [0.1, 0.15) is 37.8 Å².